The number of hydrogen-bond donors (Lipinski definition) is 2. The summed E-state index contributed by atoms with van der Waals surface area (Å²) in [6, 6.07) is -0.346. The van der Waals surface area contributed by atoms with E-state index in [9.17, 15) is 27.7 Å². The Morgan fingerprint density at radius 1 is 1.43 bits per heavy atom. The van der Waals surface area contributed by atoms with E-state index in [-0.39, 0.29) is 0 Å². The number of sulfonamides is 1. The predicted octanol–water partition coefficient (Wildman–Crippen LogP) is 1.13. The number of hydrogen-bond acceptors (Lipinski definition) is 6. The molecule has 1 aromatic carbocycles. The summed E-state index contributed by atoms with van der Waals surface area (Å²) in [6.07, 6.45) is 0. The van der Waals surface area contributed by atoms with Crippen LogP contribution in [0.5, 0.6) is 5.75 Å². The van der Waals surface area contributed by atoms with Gasteiger partial charge in [0.25, 0.3) is 0 Å². The van der Waals surface area contributed by atoms with Gasteiger partial charge in [0.15, 0.2) is 5.82 Å². The highest BCUT2D eigenvalue weighted by Gasteiger charge is 2.31. The molecule has 9 nitrogen and oxygen atoms in total. The standard InChI is InChI=1S/C12H15FN2O7S/c1-6(2)10(12(16)17)14-23(20,21)7-4-8(13)11(22-3)9(5-7)15(18)19/h4-6,10,14H,1-3H3,(H,16,17)/t10-/m1/s1. The number of nitrogens with one attached hydrogen (secondary N) is 1. The van der Waals surface area contributed by atoms with Gasteiger partial charge in [-0.25, -0.2) is 12.8 Å². The first-order valence-corrected chi connectivity index (χ1v) is 7.76. The zero-order valence-corrected chi connectivity index (χ0v) is 13.3. The summed E-state index contributed by atoms with van der Waals surface area (Å²) in [5.74, 6) is -3.99. The van der Waals surface area contributed by atoms with Crippen molar-refractivity contribution in [2.24, 2.45) is 5.92 Å². The lowest BCUT2D eigenvalue weighted by atomic mass is 10.1. The van der Waals surface area contributed by atoms with Crippen LogP contribution in [-0.4, -0.2) is 37.6 Å². The third kappa shape index (κ3) is 4.13. The smallest absolute Gasteiger partial charge is 0.322 e. The summed E-state index contributed by atoms with van der Waals surface area (Å²) in [6.45, 7) is 2.94. The van der Waals surface area contributed by atoms with Gasteiger partial charge < -0.3 is 9.84 Å². The van der Waals surface area contributed by atoms with Crippen LogP contribution in [0.25, 0.3) is 0 Å². The highest BCUT2D eigenvalue weighted by molar-refractivity contribution is 7.89. The molecule has 128 valence electrons. The van der Waals surface area contributed by atoms with Crippen molar-refractivity contribution in [1.29, 1.82) is 0 Å². The molecule has 0 fully saturated rings. The third-order valence-electron chi connectivity index (χ3n) is 2.92. The maximum absolute atomic E-state index is 13.8. The van der Waals surface area contributed by atoms with Crippen molar-refractivity contribution in [3.05, 3.63) is 28.1 Å². The first-order chi connectivity index (χ1) is 10.5. The second kappa shape index (κ2) is 6.87. The molecule has 0 aliphatic carbocycles. The van der Waals surface area contributed by atoms with Crippen molar-refractivity contribution in [3.63, 3.8) is 0 Å². The molecule has 2 N–H and O–H groups in total. The minimum absolute atomic E-state index is 0.521. The summed E-state index contributed by atoms with van der Waals surface area (Å²) >= 11 is 0. The molecule has 0 saturated carbocycles. The molecule has 1 atom stereocenters. The third-order valence-corrected chi connectivity index (χ3v) is 4.34. The van der Waals surface area contributed by atoms with E-state index < -0.39 is 55.0 Å². The lowest BCUT2D eigenvalue weighted by Gasteiger charge is -2.18. The van der Waals surface area contributed by atoms with Gasteiger partial charge in [-0.3, -0.25) is 14.9 Å². The number of methoxy groups -OCH3 is 1. The molecule has 0 radical (unpaired) electrons. The van der Waals surface area contributed by atoms with E-state index in [0.717, 1.165) is 7.11 Å². The fourth-order valence-corrected chi connectivity index (χ4v) is 3.12. The van der Waals surface area contributed by atoms with Gasteiger partial charge in [-0.1, -0.05) is 13.8 Å². The first-order valence-electron chi connectivity index (χ1n) is 6.28. The van der Waals surface area contributed by atoms with Gasteiger partial charge in [0, 0.05) is 6.07 Å². The monoisotopic (exact) mass is 350 g/mol. The van der Waals surface area contributed by atoms with Crippen LogP contribution in [0.1, 0.15) is 13.8 Å². The van der Waals surface area contributed by atoms with Gasteiger partial charge in [-0.2, -0.15) is 4.72 Å². The molecule has 0 spiro atoms. The number of aliphatic carboxylic acids is 1. The lowest BCUT2D eigenvalue weighted by Crippen LogP contribution is -2.44. The number of benzene rings is 1. The summed E-state index contributed by atoms with van der Waals surface area (Å²) in [5.41, 5.74) is -0.885. The maximum Gasteiger partial charge on any atom is 0.322 e. The normalized spacial score (nSPS) is 12.9. The molecule has 0 amide bonds. The minimum atomic E-state index is -4.48. The number of nitro benzene ring substituents is 1. The van der Waals surface area contributed by atoms with Crippen LogP contribution in [0, 0.1) is 21.8 Å². The van der Waals surface area contributed by atoms with Crippen LogP contribution < -0.4 is 9.46 Å². The van der Waals surface area contributed by atoms with Crippen molar-refractivity contribution < 1.29 is 32.4 Å². The van der Waals surface area contributed by atoms with Gasteiger partial charge in [-0.05, 0) is 12.0 Å². The Hall–Kier alpha value is -2.27. The van der Waals surface area contributed by atoms with Gasteiger partial charge in [0.2, 0.25) is 15.8 Å². The quantitative estimate of drug-likeness (QED) is 0.555. The molecule has 0 saturated heterocycles. The SMILES string of the molecule is COc1c(F)cc(S(=O)(=O)N[C@@H](C(=O)O)C(C)C)cc1[N+](=O)[O-]. The van der Waals surface area contributed by atoms with E-state index in [0.29, 0.717) is 12.1 Å². The van der Waals surface area contributed by atoms with Crippen molar-refractivity contribution in [2.45, 2.75) is 24.8 Å². The van der Waals surface area contributed by atoms with Crippen LogP contribution >= 0.6 is 0 Å². The molecule has 1 rings (SSSR count). The predicted molar refractivity (Wildman–Crippen MR) is 76.2 cm³/mol. The van der Waals surface area contributed by atoms with E-state index in [2.05, 4.69) is 4.74 Å². The molecule has 0 bridgehead atoms. The number of carbonyl (C=O) groups is 1. The molecule has 0 heterocycles. The zero-order chi connectivity index (χ0) is 17.9. The average Bonchev–Trinajstić information content (AvgIpc) is 2.43. The zero-order valence-electron chi connectivity index (χ0n) is 12.4. The molecule has 0 aliphatic rings. The van der Waals surface area contributed by atoms with Crippen LogP contribution in [0.3, 0.4) is 0 Å². The number of ether oxygens (including phenoxy) is 1. The summed E-state index contributed by atoms with van der Waals surface area (Å²) < 4.78 is 44.6. The molecule has 0 aliphatic heterocycles. The topological polar surface area (TPSA) is 136 Å². The Balaban J connectivity index is 3.39. The van der Waals surface area contributed by atoms with Crippen LogP contribution in [-0.2, 0) is 14.8 Å². The second-order valence-electron chi connectivity index (χ2n) is 4.90. The number of halogens is 1. The van der Waals surface area contributed by atoms with E-state index >= 15 is 0 Å². The number of carboxylic acids is 1. The fraction of sp³-hybridized carbons (Fsp3) is 0.417. The van der Waals surface area contributed by atoms with E-state index in [4.69, 9.17) is 5.11 Å². The van der Waals surface area contributed by atoms with Crippen LogP contribution in [0.4, 0.5) is 10.1 Å². The fourth-order valence-electron chi connectivity index (χ4n) is 1.75. The number of rotatable bonds is 7. The van der Waals surface area contributed by atoms with Crippen LogP contribution in [0.15, 0.2) is 17.0 Å². The Labute approximate surface area is 131 Å². The molecular formula is C12H15FN2O7S. The Bertz CT molecular complexity index is 733. The average molecular weight is 350 g/mol. The summed E-state index contributed by atoms with van der Waals surface area (Å²) in [4.78, 5) is 20.2. The first kappa shape index (κ1) is 18.8. The van der Waals surface area contributed by atoms with E-state index in [1.807, 2.05) is 4.72 Å². The Morgan fingerprint density at radius 2 is 2.00 bits per heavy atom. The largest absolute Gasteiger partial charge is 0.488 e. The number of nitrogens with zero attached hydrogens (tertiary/aromatic N) is 1. The van der Waals surface area contributed by atoms with Crippen molar-refractivity contribution in [3.8, 4) is 5.75 Å². The molecule has 23 heavy (non-hydrogen) atoms. The van der Waals surface area contributed by atoms with Crippen molar-refractivity contribution in [1.82, 2.24) is 4.72 Å². The Kier molecular flexibility index (Phi) is 5.61. The van der Waals surface area contributed by atoms with Gasteiger partial charge in [-0.15, -0.1) is 0 Å². The summed E-state index contributed by atoms with van der Waals surface area (Å²) in [7, 11) is -3.49. The maximum atomic E-state index is 13.8. The van der Waals surface area contributed by atoms with Gasteiger partial charge >= 0.3 is 11.7 Å². The lowest BCUT2D eigenvalue weighted by molar-refractivity contribution is -0.386. The molecule has 0 unspecified atom stereocenters. The minimum Gasteiger partial charge on any atom is -0.488 e. The molecule has 11 heteroatoms. The highest BCUT2D eigenvalue weighted by Crippen LogP contribution is 2.32. The van der Waals surface area contributed by atoms with E-state index in [1.54, 1.807) is 0 Å². The number of nitro groups is 1. The van der Waals surface area contributed by atoms with Crippen molar-refractivity contribution >= 4 is 21.7 Å². The summed E-state index contributed by atoms with van der Waals surface area (Å²) in [5, 5.41) is 19.9. The van der Waals surface area contributed by atoms with E-state index in [1.165, 1.54) is 13.8 Å². The van der Waals surface area contributed by atoms with Gasteiger partial charge in [0.1, 0.15) is 6.04 Å². The molecular weight excluding hydrogens is 335 g/mol. The van der Waals surface area contributed by atoms with Crippen LogP contribution in [0.2, 0.25) is 0 Å². The second-order valence-corrected chi connectivity index (χ2v) is 6.61. The van der Waals surface area contributed by atoms with Gasteiger partial charge in [0.05, 0.1) is 16.9 Å². The molecule has 1 aromatic rings. The molecule has 0 aromatic heterocycles. The Morgan fingerprint density at radius 3 is 2.39 bits per heavy atom. The highest BCUT2D eigenvalue weighted by atomic mass is 32.2. The number of carboxylic acid groups (broad SMARTS) is 1. The van der Waals surface area contributed by atoms with Crippen molar-refractivity contribution in [2.75, 3.05) is 7.11 Å².